The Morgan fingerprint density at radius 1 is 1.10 bits per heavy atom. The van der Waals surface area contributed by atoms with Crippen LogP contribution in [0.3, 0.4) is 0 Å². The summed E-state index contributed by atoms with van der Waals surface area (Å²) in [6.07, 6.45) is 6.26. The number of benzene rings is 2. The van der Waals surface area contributed by atoms with Crippen molar-refractivity contribution in [2.45, 2.75) is 96.6 Å². The van der Waals surface area contributed by atoms with Crippen LogP contribution in [-0.2, 0) is 30.2 Å². The average Bonchev–Trinajstić information content (AvgIpc) is 3.63. The lowest BCUT2D eigenvalue weighted by Gasteiger charge is -2.33. The molecule has 1 saturated heterocycles. The number of pyridine rings is 1. The van der Waals surface area contributed by atoms with Crippen LogP contribution in [-0.4, -0.2) is 52.4 Å². The molecule has 1 aliphatic carbocycles. The predicted molar refractivity (Wildman–Crippen MR) is 197 cm³/mol. The Kier molecular flexibility index (Phi) is 9.73. The van der Waals surface area contributed by atoms with Crippen LogP contribution in [0.15, 0.2) is 48.7 Å². The zero-order valence-electron chi connectivity index (χ0n) is 30.1. The quantitative estimate of drug-likeness (QED) is 0.106. The molecule has 0 amide bonds. The van der Waals surface area contributed by atoms with E-state index in [1.165, 1.54) is 6.07 Å². The molecule has 4 aromatic rings. The Bertz CT molecular complexity index is 1960. The van der Waals surface area contributed by atoms with Crippen molar-refractivity contribution >= 4 is 19.7 Å². The molecule has 12 heteroatoms. The monoisotopic (exact) mass is 728 g/mol. The van der Waals surface area contributed by atoms with Crippen LogP contribution in [0.2, 0.25) is 30.7 Å². The normalized spacial score (nSPS) is 20.0. The number of ether oxygens (including phenoxy) is 3. The van der Waals surface area contributed by atoms with E-state index in [2.05, 4.69) is 52.9 Å². The minimum atomic E-state index is -1.28. The van der Waals surface area contributed by atoms with Gasteiger partial charge in [0.25, 0.3) is 5.79 Å². The smallest absolute Gasteiger partial charge is 0.278 e. The fourth-order valence-corrected chi connectivity index (χ4v) is 8.05. The topological polar surface area (TPSA) is 98.3 Å². The third-order valence-electron chi connectivity index (χ3n) is 10.5. The van der Waals surface area contributed by atoms with Gasteiger partial charge in [-0.2, -0.15) is 5.26 Å². The lowest BCUT2D eigenvalue weighted by Crippen LogP contribution is -2.34. The number of piperidine rings is 1. The van der Waals surface area contributed by atoms with E-state index >= 15 is 0 Å². The van der Waals surface area contributed by atoms with Gasteiger partial charge >= 0.3 is 0 Å². The first-order valence-electron chi connectivity index (χ1n) is 17.9. The number of aryl methyl sites for hydroxylation is 1. The van der Waals surface area contributed by atoms with Gasteiger partial charge in [-0.1, -0.05) is 43.4 Å². The van der Waals surface area contributed by atoms with Crippen LogP contribution in [0.25, 0.3) is 11.4 Å². The first kappa shape index (κ1) is 35.6. The second-order valence-electron chi connectivity index (χ2n) is 15.7. The highest BCUT2D eigenvalue weighted by Gasteiger charge is 2.44. The lowest BCUT2D eigenvalue weighted by molar-refractivity contribution is -0.0712. The maximum Gasteiger partial charge on any atom is 0.278 e. The molecule has 2 fully saturated rings. The van der Waals surface area contributed by atoms with Gasteiger partial charge in [0.2, 0.25) is 0 Å². The van der Waals surface area contributed by atoms with Crippen LogP contribution >= 0.6 is 11.6 Å². The van der Waals surface area contributed by atoms with Gasteiger partial charge in [0.05, 0.1) is 22.7 Å². The molecule has 2 aromatic heterocycles. The number of likely N-dealkylation sites (tertiary alicyclic amines) is 1. The van der Waals surface area contributed by atoms with Crippen molar-refractivity contribution in [1.82, 2.24) is 24.6 Å². The first-order valence-corrected chi connectivity index (χ1v) is 22.0. The molecular weight excluding hydrogens is 683 g/mol. The SMILES string of the molecule is Cc1nnc(-c2cnc(CN3CCC(c4cccc5c4O[C@@](C)(c4ccc(Cl)cc4F)O5)CC3)c(CC3(C#N)CC3)c2)n1COCC[Si](C)(C)C. The van der Waals surface area contributed by atoms with Gasteiger partial charge in [0.15, 0.2) is 17.3 Å². The van der Waals surface area contributed by atoms with Gasteiger partial charge in [-0.05, 0) is 100.0 Å². The van der Waals surface area contributed by atoms with Gasteiger partial charge < -0.3 is 14.2 Å². The number of nitrogens with zero attached hydrogens (tertiary/aromatic N) is 6. The summed E-state index contributed by atoms with van der Waals surface area (Å²) >= 11 is 6.01. The molecule has 0 unspecified atom stereocenters. The Hall–Kier alpha value is -3.82. The molecule has 1 atom stereocenters. The number of fused-ring (bicyclic) bond motifs is 1. The van der Waals surface area contributed by atoms with Crippen molar-refractivity contribution in [1.29, 1.82) is 5.26 Å². The summed E-state index contributed by atoms with van der Waals surface area (Å²) in [5.41, 5.74) is 4.07. The summed E-state index contributed by atoms with van der Waals surface area (Å²) in [4.78, 5) is 7.46. The van der Waals surface area contributed by atoms with Crippen molar-refractivity contribution in [3.8, 4) is 29.0 Å². The van der Waals surface area contributed by atoms with E-state index in [0.29, 0.717) is 48.4 Å². The van der Waals surface area contributed by atoms with Gasteiger partial charge in [-0.25, -0.2) is 4.39 Å². The fourth-order valence-electron chi connectivity index (χ4n) is 7.13. The van der Waals surface area contributed by atoms with Crippen molar-refractivity contribution < 1.29 is 18.6 Å². The Morgan fingerprint density at radius 2 is 1.88 bits per heavy atom. The number of nitriles is 1. The number of para-hydroxylation sites is 1. The standard InChI is InChI=1S/C39H46ClFN6O3Si/c1-26-44-45-37(47(26)25-48-17-18-51(3,4)5)29-19-28(21-39(24-42)13-14-39)34(43-22-29)23-46-15-11-27(12-16-46)31-7-6-8-35-36(31)50-38(2,49-35)32-10-9-30(40)20-33(32)41/h6-10,19-20,22,27H,11-18,21,23,25H2,1-5H3/t38-/m0/s1. The number of rotatable bonds is 12. The molecule has 51 heavy (non-hydrogen) atoms. The third kappa shape index (κ3) is 7.70. The molecule has 9 nitrogen and oxygen atoms in total. The minimum absolute atomic E-state index is 0.267. The highest BCUT2D eigenvalue weighted by atomic mass is 35.5. The summed E-state index contributed by atoms with van der Waals surface area (Å²) in [6.45, 7) is 14.3. The maximum absolute atomic E-state index is 14.9. The van der Waals surface area contributed by atoms with E-state index in [0.717, 1.165) is 78.8 Å². The average molecular weight is 729 g/mol. The number of halogens is 2. The summed E-state index contributed by atoms with van der Waals surface area (Å²) in [5, 5.41) is 19.2. The second-order valence-corrected chi connectivity index (χ2v) is 21.8. The van der Waals surface area contributed by atoms with Crippen LogP contribution in [0.4, 0.5) is 4.39 Å². The molecule has 1 saturated carbocycles. The molecule has 0 radical (unpaired) electrons. The third-order valence-corrected chi connectivity index (χ3v) is 12.5. The van der Waals surface area contributed by atoms with E-state index in [1.807, 2.05) is 29.8 Å². The molecule has 268 valence electrons. The van der Waals surface area contributed by atoms with Gasteiger partial charge in [0, 0.05) is 50.5 Å². The largest absolute Gasteiger partial charge is 0.444 e. The maximum atomic E-state index is 14.9. The number of hydrogen-bond acceptors (Lipinski definition) is 8. The molecule has 0 bridgehead atoms. The second kappa shape index (κ2) is 14.0. The van der Waals surface area contributed by atoms with Gasteiger partial charge in [-0.3, -0.25) is 14.5 Å². The van der Waals surface area contributed by atoms with E-state index in [4.69, 9.17) is 30.8 Å². The molecule has 2 aromatic carbocycles. The molecule has 3 aliphatic rings. The van der Waals surface area contributed by atoms with E-state index < -0.39 is 19.7 Å². The van der Waals surface area contributed by atoms with Crippen molar-refractivity contribution in [3.63, 3.8) is 0 Å². The Balaban J connectivity index is 1.05. The summed E-state index contributed by atoms with van der Waals surface area (Å²) < 4.78 is 35.6. The molecule has 4 heterocycles. The van der Waals surface area contributed by atoms with E-state index in [9.17, 15) is 9.65 Å². The number of aromatic nitrogens is 4. The molecule has 7 rings (SSSR count). The molecule has 0 spiro atoms. The highest BCUT2D eigenvalue weighted by molar-refractivity contribution is 6.76. The summed E-state index contributed by atoms with van der Waals surface area (Å²) in [7, 11) is -1.20. The Labute approximate surface area is 305 Å². The van der Waals surface area contributed by atoms with Crippen LogP contribution < -0.4 is 9.47 Å². The van der Waals surface area contributed by atoms with Crippen LogP contribution in [0.5, 0.6) is 11.5 Å². The lowest BCUT2D eigenvalue weighted by atomic mass is 9.88. The van der Waals surface area contributed by atoms with Crippen molar-refractivity contribution in [3.05, 3.63) is 87.7 Å². The van der Waals surface area contributed by atoms with Crippen LogP contribution in [0.1, 0.15) is 66.7 Å². The minimum Gasteiger partial charge on any atom is -0.444 e. The highest BCUT2D eigenvalue weighted by Crippen LogP contribution is 2.50. The predicted octanol–water partition coefficient (Wildman–Crippen LogP) is 8.62. The van der Waals surface area contributed by atoms with Gasteiger partial charge in [-0.15, -0.1) is 10.2 Å². The zero-order valence-corrected chi connectivity index (χ0v) is 31.9. The zero-order chi connectivity index (χ0) is 36.0. The molecule has 0 N–H and O–H groups in total. The summed E-state index contributed by atoms with van der Waals surface area (Å²) in [5.74, 6) is 1.36. The Morgan fingerprint density at radius 3 is 2.59 bits per heavy atom. The first-order chi connectivity index (χ1) is 24.4. The fraction of sp³-hybridized carbons (Fsp3) is 0.487. The van der Waals surface area contributed by atoms with Gasteiger partial charge in [0.1, 0.15) is 18.4 Å². The number of hydrogen-bond donors (Lipinski definition) is 0. The van der Waals surface area contributed by atoms with E-state index in [-0.39, 0.29) is 11.3 Å². The van der Waals surface area contributed by atoms with Crippen LogP contribution in [0, 0.1) is 29.5 Å². The summed E-state index contributed by atoms with van der Waals surface area (Å²) in [6, 6.07) is 16.3. The van der Waals surface area contributed by atoms with Crippen molar-refractivity contribution in [2.75, 3.05) is 19.7 Å². The molecular formula is C39H46ClFN6O3Si. The molecule has 2 aliphatic heterocycles. The van der Waals surface area contributed by atoms with E-state index in [1.54, 1.807) is 19.1 Å². The van der Waals surface area contributed by atoms with Crippen molar-refractivity contribution in [2.24, 2.45) is 5.41 Å².